The molecule has 2 aromatic rings. The summed E-state index contributed by atoms with van der Waals surface area (Å²) in [4.78, 5) is 48.8. The van der Waals surface area contributed by atoms with E-state index in [1.165, 1.54) is 12.7 Å². The topological polar surface area (TPSA) is 217 Å². The van der Waals surface area contributed by atoms with Crippen LogP contribution in [-0.2, 0) is 27.2 Å². The molecular formula is C38H57N5O8. The first-order chi connectivity index (χ1) is 24.3. The zero-order valence-corrected chi connectivity index (χ0v) is 29.8. The first-order valence-corrected chi connectivity index (χ1v) is 18.3. The molecule has 13 nitrogen and oxygen atoms in total. The van der Waals surface area contributed by atoms with Crippen molar-refractivity contribution < 1.29 is 39.9 Å². The Labute approximate surface area is 300 Å². The van der Waals surface area contributed by atoms with Crippen LogP contribution < -0.4 is 16.0 Å². The highest BCUT2D eigenvalue weighted by Crippen LogP contribution is 2.31. The number of imidazole rings is 1. The van der Waals surface area contributed by atoms with Crippen molar-refractivity contribution in [2.45, 2.75) is 133 Å². The minimum atomic E-state index is -2.26. The quantitative estimate of drug-likeness (QED) is 0.108. The molecule has 282 valence electrons. The van der Waals surface area contributed by atoms with Crippen molar-refractivity contribution in [1.29, 1.82) is 0 Å². The molecule has 1 aromatic heterocycles. The zero-order valence-electron chi connectivity index (χ0n) is 29.8. The lowest BCUT2D eigenvalue weighted by Crippen LogP contribution is -2.62. The molecule has 0 bridgehead atoms. The number of allylic oxidation sites excluding steroid dienone is 1. The molecule has 3 amide bonds. The van der Waals surface area contributed by atoms with Crippen molar-refractivity contribution >= 4 is 17.7 Å². The highest BCUT2D eigenvalue weighted by Gasteiger charge is 2.49. The number of amides is 3. The van der Waals surface area contributed by atoms with Gasteiger partial charge in [0.15, 0.2) is 0 Å². The Morgan fingerprint density at radius 1 is 0.961 bits per heavy atom. The number of aliphatic hydroxyl groups excluding tert-OH is 4. The first-order valence-electron chi connectivity index (χ1n) is 18.3. The van der Waals surface area contributed by atoms with Crippen molar-refractivity contribution in [2.75, 3.05) is 0 Å². The van der Waals surface area contributed by atoms with Gasteiger partial charge in [-0.25, -0.2) is 4.98 Å². The lowest BCUT2D eigenvalue weighted by atomic mass is 9.79. The number of aromatic amines is 1. The maximum Gasteiger partial charge on any atom is 0.252 e. The largest absolute Gasteiger partial charge is 0.391 e. The number of hydrogen-bond acceptors (Lipinski definition) is 9. The van der Waals surface area contributed by atoms with Crippen LogP contribution in [-0.4, -0.2) is 101 Å². The van der Waals surface area contributed by atoms with E-state index in [2.05, 4.69) is 46.3 Å². The molecule has 2 saturated carbocycles. The van der Waals surface area contributed by atoms with Gasteiger partial charge in [0.1, 0.15) is 23.8 Å². The van der Waals surface area contributed by atoms with Gasteiger partial charge in [-0.3, -0.25) is 14.4 Å². The molecule has 2 unspecified atom stereocenters. The van der Waals surface area contributed by atoms with Crippen molar-refractivity contribution in [1.82, 2.24) is 25.9 Å². The van der Waals surface area contributed by atoms with Gasteiger partial charge in [0, 0.05) is 31.9 Å². The van der Waals surface area contributed by atoms with Crippen LogP contribution in [0.15, 0.2) is 55.5 Å². The number of rotatable bonds is 17. The van der Waals surface area contributed by atoms with Gasteiger partial charge < -0.3 is 46.5 Å². The van der Waals surface area contributed by atoms with Gasteiger partial charge in [0.2, 0.25) is 11.8 Å². The predicted molar refractivity (Wildman–Crippen MR) is 191 cm³/mol. The third-order valence-corrected chi connectivity index (χ3v) is 10.6. The molecule has 51 heavy (non-hydrogen) atoms. The zero-order chi connectivity index (χ0) is 37.1. The molecule has 1 heterocycles. The van der Waals surface area contributed by atoms with Crippen LogP contribution in [0.25, 0.3) is 0 Å². The van der Waals surface area contributed by atoms with E-state index in [1.807, 2.05) is 6.08 Å². The number of carbonyl (C=O) groups is 3. The SMILES string of the molecule is C=C[C@@H](C[C@H](O)[C@H](CC1CCCCC1)NC(=O)C(Cc1c[nH]cn1)NC(=O)C(Cc1ccccc1)NC(=O)C1(O)C[C@H](O)C(O)[C@@H](O)C1)C(C)C. The second-order valence-electron chi connectivity index (χ2n) is 14.9. The Morgan fingerprint density at radius 3 is 2.18 bits per heavy atom. The summed E-state index contributed by atoms with van der Waals surface area (Å²) in [5, 5.41) is 61.5. The lowest BCUT2D eigenvalue weighted by Gasteiger charge is -2.39. The molecule has 13 heteroatoms. The van der Waals surface area contributed by atoms with Gasteiger partial charge in [-0.15, -0.1) is 6.58 Å². The number of aromatic nitrogens is 2. The standard InChI is InChI=1S/C38H57N5O8/c1-4-26(23(2)3)17-31(44)28(15-24-11-7-5-8-12-24)41-36(49)30(18-27-21-39-22-40-27)42-35(48)29(16-25-13-9-6-10-14-25)43-37(50)38(51)19-32(45)34(47)33(46)20-38/h4,6,9-10,13-14,21-24,26,28-34,44-47,51H,1,5,7-8,11-12,15-20H2,2-3H3,(H,39,40)(H,41,49)(H,42,48)(H,43,50)/t26-,28-,29?,30?,31-,32-,33-,34?,38?/m0/s1. The molecule has 2 fully saturated rings. The highest BCUT2D eigenvalue weighted by molar-refractivity contribution is 5.94. The number of benzene rings is 1. The Hall–Kier alpha value is -3.62. The van der Waals surface area contributed by atoms with Gasteiger partial charge >= 0.3 is 0 Å². The van der Waals surface area contributed by atoms with Crippen LogP contribution in [0.2, 0.25) is 0 Å². The number of hydrogen-bond donors (Lipinski definition) is 9. The Morgan fingerprint density at radius 2 is 1.59 bits per heavy atom. The number of carbonyl (C=O) groups excluding carboxylic acids is 3. The van der Waals surface area contributed by atoms with Crippen LogP contribution in [0.1, 0.15) is 82.9 Å². The average Bonchev–Trinajstić information content (AvgIpc) is 3.62. The molecular weight excluding hydrogens is 654 g/mol. The van der Waals surface area contributed by atoms with E-state index in [1.54, 1.807) is 36.5 Å². The van der Waals surface area contributed by atoms with E-state index in [-0.39, 0.29) is 24.7 Å². The van der Waals surface area contributed by atoms with E-state index in [0.717, 1.165) is 25.7 Å². The molecule has 0 saturated heterocycles. The van der Waals surface area contributed by atoms with E-state index >= 15 is 0 Å². The van der Waals surface area contributed by atoms with Crippen molar-refractivity contribution in [3.8, 4) is 0 Å². The van der Waals surface area contributed by atoms with Crippen LogP contribution in [0.3, 0.4) is 0 Å². The number of nitrogens with zero attached hydrogens (tertiary/aromatic N) is 1. The van der Waals surface area contributed by atoms with Gasteiger partial charge in [-0.05, 0) is 36.2 Å². The molecule has 0 radical (unpaired) electrons. The molecule has 2 aliphatic carbocycles. The third kappa shape index (κ3) is 11.4. The summed E-state index contributed by atoms with van der Waals surface area (Å²) in [6, 6.07) is 5.89. The smallest absolute Gasteiger partial charge is 0.252 e. The third-order valence-electron chi connectivity index (χ3n) is 10.6. The van der Waals surface area contributed by atoms with Crippen molar-refractivity contribution in [2.24, 2.45) is 17.8 Å². The summed E-state index contributed by atoms with van der Waals surface area (Å²) >= 11 is 0. The Kier molecular flexibility index (Phi) is 14.8. The maximum atomic E-state index is 14.2. The summed E-state index contributed by atoms with van der Waals surface area (Å²) in [6.07, 6.45) is 4.74. The molecule has 1 aromatic carbocycles. The predicted octanol–water partition coefficient (Wildman–Crippen LogP) is 1.44. The second-order valence-corrected chi connectivity index (χ2v) is 14.9. The molecule has 7 atom stereocenters. The van der Waals surface area contributed by atoms with E-state index < -0.39 is 78.7 Å². The van der Waals surface area contributed by atoms with Crippen LogP contribution >= 0.6 is 0 Å². The minimum absolute atomic E-state index is 0.000131. The first kappa shape index (κ1) is 40.2. The van der Waals surface area contributed by atoms with Gasteiger partial charge in [0.05, 0.1) is 36.4 Å². The van der Waals surface area contributed by atoms with Crippen LogP contribution in [0.4, 0.5) is 0 Å². The fourth-order valence-electron chi connectivity index (χ4n) is 7.36. The van der Waals surface area contributed by atoms with E-state index in [0.29, 0.717) is 30.0 Å². The summed E-state index contributed by atoms with van der Waals surface area (Å²) in [6.45, 7) is 8.08. The summed E-state index contributed by atoms with van der Waals surface area (Å²) in [5.74, 6) is -1.60. The fourth-order valence-corrected chi connectivity index (χ4v) is 7.36. The van der Waals surface area contributed by atoms with Crippen molar-refractivity contribution in [3.63, 3.8) is 0 Å². The van der Waals surface area contributed by atoms with Gasteiger partial charge in [0.25, 0.3) is 5.91 Å². The van der Waals surface area contributed by atoms with Gasteiger partial charge in [-0.1, -0.05) is 82.4 Å². The highest BCUT2D eigenvalue weighted by atomic mass is 16.4. The van der Waals surface area contributed by atoms with E-state index in [4.69, 9.17) is 0 Å². The maximum absolute atomic E-state index is 14.2. The van der Waals surface area contributed by atoms with Crippen LogP contribution in [0.5, 0.6) is 0 Å². The number of nitrogens with one attached hydrogen (secondary N) is 4. The average molecular weight is 712 g/mol. The summed E-state index contributed by atoms with van der Waals surface area (Å²) < 4.78 is 0. The lowest BCUT2D eigenvalue weighted by molar-refractivity contribution is -0.173. The number of aliphatic hydroxyl groups is 5. The molecule has 4 rings (SSSR count). The number of H-pyrrole nitrogens is 1. The van der Waals surface area contributed by atoms with E-state index in [9.17, 15) is 39.9 Å². The molecule has 0 spiro atoms. The minimum Gasteiger partial charge on any atom is -0.391 e. The summed E-state index contributed by atoms with van der Waals surface area (Å²) in [7, 11) is 0. The monoisotopic (exact) mass is 711 g/mol. The molecule has 9 N–H and O–H groups in total. The molecule has 0 aliphatic heterocycles. The Balaban J connectivity index is 1.57. The normalized spacial score (nSPS) is 25.6. The Bertz CT molecular complexity index is 1390. The second kappa shape index (κ2) is 18.7. The molecule has 2 aliphatic rings. The van der Waals surface area contributed by atoms with Gasteiger partial charge in [-0.2, -0.15) is 0 Å². The van der Waals surface area contributed by atoms with Crippen molar-refractivity contribution in [3.05, 3.63) is 66.8 Å². The fraction of sp³-hybridized carbons (Fsp3) is 0.632. The summed E-state index contributed by atoms with van der Waals surface area (Å²) in [5.41, 5.74) is -1.07. The van der Waals surface area contributed by atoms with Crippen LogP contribution in [0, 0.1) is 17.8 Å².